The number of morpholine rings is 1. The van der Waals surface area contributed by atoms with Gasteiger partial charge in [0.25, 0.3) is 0 Å². The number of halogens is 1. The van der Waals surface area contributed by atoms with Crippen molar-refractivity contribution in [3.05, 3.63) is 29.6 Å². The molecule has 1 saturated heterocycles. The summed E-state index contributed by atoms with van der Waals surface area (Å²) in [5, 5.41) is 2.99. The highest BCUT2D eigenvalue weighted by molar-refractivity contribution is 5.76. The Balaban J connectivity index is 2.21. The number of nitrogens with one attached hydrogen (secondary N) is 1. The van der Waals surface area contributed by atoms with Crippen LogP contribution >= 0.6 is 0 Å². The summed E-state index contributed by atoms with van der Waals surface area (Å²) in [5.41, 5.74) is 0.225. The van der Waals surface area contributed by atoms with Crippen molar-refractivity contribution in [2.45, 2.75) is 51.6 Å². The van der Waals surface area contributed by atoms with Crippen LogP contribution in [0.1, 0.15) is 51.6 Å². The van der Waals surface area contributed by atoms with Gasteiger partial charge in [-0.05, 0) is 38.0 Å². The molecular formula is C19H29FN2O3. The SMILES string of the molecule is CCCCCNC(=O)N1C(c2ccc(OC)c(F)c2)COCC1(C)C. The van der Waals surface area contributed by atoms with Gasteiger partial charge < -0.3 is 19.7 Å². The molecule has 1 aliphatic heterocycles. The lowest BCUT2D eigenvalue weighted by Crippen LogP contribution is -2.59. The molecule has 2 amide bonds. The number of carbonyl (C=O) groups excluding carboxylic acids is 1. The van der Waals surface area contributed by atoms with Gasteiger partial charge in [-0.25, -0.2) is 9.18 Å². The molecule has 6 heteroatoms. The summed E-state index contributed by atoms with van der Waals surface area (Å²) in [5.74, 6) is -0.248. The van der Waals surface area contributed by atoms with E-state index in [-0.39, 0.29) is 17.8 Å². The fraction of sp³-hybridized carbons (Fsp3) is 0.632. The number of carbonyl (C=O) groups is 1. The summed E-state index contributed by atoms with van der Waals surface area (Å²) < 4.78 is 24.8. The number of methoxy groups -OCH3 is 1. The maximum Gasteiger partial charge on any atom is 0.318 e. The van der Waals surface area contributed by atoms with Crippen LogP contribution in [0.3, 0.4) is 0 Å². The predicted octanol–water partition coefficient (Wildman–Crippen LogP) is 3.89. The molecule has 0 aliphatic carbocycles. The van der Waals surface area contributed by atoms with Gasteiger partial charge in [0.1, 0.15) is 0 Å². The van der Waals surface area contributed by atoms with Gasteiger partial charge >= 0.3 is 6.03 Å². The van der Waals surface area contributed by atoms with Gasteiger partial charge in [-0.15, -0.1) is 0 Å². The smallest absolute Gasteiger partial charge is 0.318 e. The van der Waals surface area contributed by atoms with Crippen molar-refractivity contribution in [3.8, 4) is 5.75 Å². The molecule has 0 aromatic heterocycles. The molecule has 25 heavy (non-hydrogen) atoms. The number of unbranched alkanes of at least 4 members (excludes halogenated alkanes) is 2. The number of urea groups is 1. The number of hydrogen-bond acceptors (Lipinski definition) is 3. The predicted molar refractivity (Wildman–Crippen MR) is 95.4 cm³/mol. The van der Waals surface area contributed by atoms with E-state index < -0.39 is 11.4 Å². The van der Waals surface area contributed by atoms with Crippen LogP contribution in [0.5, 0.6) is 5.75 Å². The third-order valence-corrected chi connectivity index (χ3v) is 4.53. The molecule has 0 radical (unpaired) electrons. The summed E-state index contributed by atoms with van der Waals surface area (Å²) in [7, 11) is 1.43. The lowest BCUT2D eigenvalue weighted by atomic mass is 9.95. The average molecular weight is 352 g/mol. The van der Waals surface area contributed by atoms with Crippen LogP contribution in [0.25, 0.3) is 0 Å². The number of nitrogens with zero attached hydrogens (tertiary/aromatic N) is 1. The molecule has 2 rings (SSSR count). The normalized spacial score (nSPS) is 19.6. The van der Waals surface area contributed by atoms with Crippen LogP contribution in [-0.2, 0) is 4.74 Å². The Kier molecular flexibility index (Phi) is 6.64. The third-order valence-electron chi connectivity index (χ3n) is 4.53. The van der Waals surface area contributed by atoms with E-state index in [9.17, 15) is 9.18 Å². The Bertz CT molecular complexity index is 592. The number of ether oxygens (including phenoxy) is 2. The molecule has 140 valence electrons. The maximum absolute atomic E-state index is 14.1. The van der Waals surface area contributed by atoms with Crippen molar-refractivity contribution in [2.24, 2.45) is 0 Å². The minimum Gasteiger partial charge on any atom is -0.494 e. The first kappa shape index (κ1) is 19.5. The molecule has 1 fully saturated rings. The highest BCUT2D eigenvalue weighted by atomic mass is 19.1. The van der Waals surface area contributed by atoms with Gasteiger partial charge in [0.2, 0.25) is 0 Å². The Labute approximate surface area is 149 Å². The van der Waals surface area contributed by atoms with Crippen LogP contribution in [0, 0.1) is 5.82 Å². The molecular weight excluding hydrogens is 323 g/mol. The van der Waals surface area contributed by atoms with Crippen molar-refractivity contribution < 1.29 is 18.7 Å². The Morgan fingerprint density at radius 2 is 2.20 bits per heavy atom. The number of hydrogen-bond donors (Lipinski definition) is 1. The summed E-state index contributed by atoms with van der Waals surface area (Å²) in [6.45, 7) is 7.49. The zero-order chi connectivity index (χ0) is 18.4. The van der Waals surface area contributed by atoms with Crippen molar-refractivity contribution >= 4 is 6.03 Å². The Morgan fingerprint density at radius 1 is 1.44 bits per heavy atom. The number of benzene rings is 1. The molecule has 1 aromatic rings. The fourth-order valence-corrected chi connectivity index (χ4v) is 3.19. The lowest BCUT2D eigenvalue weighted by Gasteiger charge is -2.47. The van der Waals surface area contributed by atoms with Crippen molar-refractivity contribution in [1.29, 1.82) is 0 Å². The summed E-state index contributed by atoms with van der Waals surface area (Å²) in [4.78, 5) is 14.6. The minimum atomic E-state index is -0.478. The molecule has 0 spiro atoms. The first-order valence-electron chi connectivity index (χ1n) is 8.89. The van der Waals surface area contributed by atoms with Crippen LogP contribution in [0.15, 0.2) is 18.2 Å². The van der Waals surface area contributed by atoms with E-state index in [1.54, 1.807) is 17.0 Å². The van der Waals surface area contributed by atoms with Crippen LogP contribution in [-0.4, -0.2) is 43.3 Å². The van der Waals surface area contributed by atoms with Gasteiger partial charge in [-0.2, -0.15) is 0 Å². The number of amides is 2. The summed E-state index contributed by atoms with van der Waals surface area (Å²) >= 11 is 0. The van der Waals surface area contributed by atoms with E-state index in [2.05, 4.69) is 12.2 Å². The fourth-order valence-electron chi connectivity index (χ4n) is 3.19. The first-order chi connectivity index (χ1) is 11.9. The molecule has 0 saturated carbocycles. The van der Waals surface area contributed by atoms with E-state index in [4.69, 9.17) is 9.47 Å². The molecule has 1 N–H and O–H groups in total. The van der Waals surface area contributed by atoms with E-state index >= 15 is 0 Å². The van der Waals surface area contributed by atoms with Crippen molar-refractivity contribution in [1.82, 2.24) is 10.2 Å². The molecule has 1 atom stereocenters. The zero-order valence-corrected chi connectivity index (χ0v) is 15.6. The van der Waals surface area contributed by atoms with E-state index in [1.165, 1.54) is 13.2 Å². The average Bonchev–Trinajstić information content (AvgIpc) is 2.57. The molecule has 5 nitrogen and oxygen atoms in total. The molecule has 0 bridgehead atoms. The highest BCUT2D eigenvalue weighted by Gasteiger charge is 2.41. The van der Waals surface area contributed by atoms with Crippen LogP contribution < -0.4 is 10.1 Å². The van der Waals surface area contributed by atoms with Gasteiger partial charge in [0.05, 0.1) is 31.9 Å². The lowest BCUT2D eigenvalue weighted by molar-refractivity contribution is -0.0657. The zero-order valence-electron chi connectivity index (χ0n) is 15.6. The second-order valence-corrected chi connectivity index (χ2v) is 7.05. The molecule has 1 aliphatic rings. The second kappa shape index (κ2) is 8.52. The molecule has 1 unspecified atom stereocenters. The van der Waals surface area contributed by atoms with Gasteiger partial charge in [0, 0.05) is 6.54 Å². The standard InChI is InChI=1S/C19H29FN2O3/c1-5-6-7-10-21-18(23)22-16(12-25-13-19(22,2)3)14-8-9-17(24-4)15(20)11-14/h8-9,11,16H,5-7,10,12-13H2,1-4H3,(H,21,23). The monoisotopic (exact) mass is 352 g/mol. The molecule has 1 heterocycles. The minimum absolute atomic E-state index is 0.134. The summed E-state index contributed by atoms with van der Waals surface area (Å²) in [6, 6.07) is 4.32. The van der Waals surface area contributed by atoms with Crippen LogP contribution in [0.4, 0.5) is 9.18 Å². The Morgan fingerprint density at radius 3 is 2.84 bits per heavy atom. The van der Waals surface area contributed by atoms with Gasteiger partial charge in [-0.3, -0.25) is 0 Å². The van der Waals surface area contributed by atoms with Crippen LogP contribution in [0.2, 0.25) is 0 Å². The maximum atomic E-state index is 14.1. The van der Waals surface area contributed by atoms with E-state index in [0.717, 1.165) is 19.3 Å². The highest BCUT2D eigenvalue weighted by Crippen LogP contribution is 2.34. The van der Waals surface area contributed by atoms with E-state index in [0.29, 0.717) is 25.3 Å². The number of rotatable bonds is 6. The molecule has 1 aromatic carbocycles. The summed E-state index contributed by atoms with van der Waals surface area (Å²) in [6.07, 6.45) is 3.14. The second-order valence-electron chi connectivity index (χ2n) is 7.05. The van der Waals surface area contributed by atoms with Crippen molar-refractivity contribution in [2.75, 3.05) is 26.9 Å². The third kappa shape index (κ3) is 4.63. The largest absolute Gasteiger partial charge is 0.494 e. The quantitative estimate of drug-likeness (QED) is 0.790. The van der Waals surface area contributed by atoms with Gasteiger partial charge in [0.15, 0.2) is 11.6 Å². The van der Waals surface area contributed by atoms with E-state index in [1.807, 2.05) is 13.8 Å². The van der Waals surface area contributed by atoms with Gasteiger partial charge in [-0.1, -0.05) is 25.8 Å². The van der Waals surface area contributed by atoms with Crippen molar-refractivity contribution in [3.63, 3.8) is 0 Å². The first-order valence-corrected chi connectivity index (χ1v) is 8.89. The Hall–Kier alpha value is -1.82. The topological polar surface area (TPSA) is 50.8 Å².